The van der Waals surface area contributed by atoms with E-state index in [2.05, 4.69) is 24.8 Å². The quantitative estimate of drug-likeness (QED) is 0.704. The second-order valence-electron chi connectivity index (χ2n) is 3.86. The minimum absolute atomic E-state index is 0.117. The lowest BCUT2D eigenvalue weighted by atomic mass is 9.95. The van der Waals surface area contributed by atoms with Crippen LogP contribution in [0.5, 0.6) is 0 Å². The molecule has 1 aliphatic rings. The van der Waals surface area contributed by atoms with E-state index in [1.54, 1.807) is 4.90 Å². The molecule has 0 bridgehead atoms. The molecule has 4 nitrogen and oxygen atoms in total. The maximum atomic E-state index is 11.5. The fourth-order valence-electron chi connectivity index (χ4n) is 2.00. The van der Waals surface area contributed by atoms with E-state index < -0.39 is 0 Å². The van der Waals surface area contributed by atoms with Crippen molar-refractivity contribution in [3.8, 4) is 12.3 Å². The molecule has 2 atom stereocenters. The predicted octanol–water partition coefficient (Wildman–Crippen LogP) is 1.22. The summed E-state index contributed by atoms with van der Waals surface area (Å²) in [4.78, 5) is 16.8. The van der Waals surface area contributed by atoms with Crippen molar-refractivity contribution < 1.29 is 4.79 Å². The fourth-order valence-corrected chi connectivity index (χ4v) is 2.00. The monoisotopic (exact) mass is 207 g/mol. The second-order valence-corrected chi connectivity index (χ2v) is 3.86. The van der Waals surface area contributed by atoms with Crippen molar-refractivity contribution in [3.05, 3.63) is 0 Å². The Morgan fingerprint density at radius 3 is 2.93 bits per heavy atom. The largest absolute Gasteiger partial charge is 0.385 e. The van der Waals surface area contributed by atoms with Crippen LogP contribution in [-0.4, -0.2) is 29.4 Å². The van der Waals surface area contributed by atoms with Gasteiger partial charge in [0, 0.05) is 0 Å². The lowest BCUT2D eigenvalue weighted by molar-refractivity contribution is 0.199. The Morgan fingerprint density at radius 2 is 2.40 bits per heavy atom. The number of nitrogens with zero attached hydrogens (tertiary/aromatic N) is 2. The van der Waals surface area contributed by atoms with Crippen LogP contribution in [0.4, 0.5) is 4.79 Å². The molecule has 0 spiro atoms. The van der Waals surface area contributed by atoms with Gasteiger partial charge in [0.1, 0.15) is 5.84 Å². The van der Waals surface area contributed by atoms with Gasteiger partial charge in [0.2, 0.25) is 0 Å². The van der Waals surface area contributed by atoms with Crippen LogP contribution in [0, 0.1) is 18.3 Å². The van der Waals surface area contributed by atoms with Gasteiger partial charge in [0.05, 0.1) is 12.6 Å². The van der Waals surface area contributed by atoms with Gasteiger partial charge < -0.3 is 10.6 Å². The van der Waals surface area contributed by atoms with E-state index >= 15 is 0 Å². The normalized spacial score (nSPS) is 22.5. The number of urea groups is 1. The predicted molar refractivity (Wildman–Crippen MR) is 60.4 cm³/mol. The van der Waals surface area contributed by atoms with Gasteiger partial charge in [-0.25, -0.2) is 4.79 Å². The van der Waals surface area contributed by atoms with Crippen molar-refractivity contribution in [2.75, 3.05) is 6.54 Å². The van der Waals surface area contributed by atoms with Crippen molar-refractivity contribution in [2.24, 2.45) is 16.6 Å². The Bertz CT molecular complexity index is 316. The van der Waals surface area contributed by atoms with E-state index in [9.17, 15) is 4.79 Å². The average Bonchev–Trinajstić information content (AvgIpc) is 2.43. The molecule has 0 aromatic rings. The first-order valence-corrected chi connectivity index (χ1v) is 5.19. The van der Waals surface area contributed by atoms with Gasteiger partial charge in [0.25, 0.3) is 0 Å². The topological polar surface area (TPSA) is 58.7 Å². The number of carbonyl (C=O) groups excluding carboxylic acids is 1. The molecule has 2 N–H and O–H groups in total. The van der Waals surface area contributed by atoms with Crippen LogP contribution in [0.3, 0.4) is 0 Å². The molecule has 0 aromatic carbocycles. The van der Waals surface area contributed by atoms with Crippen LogP contribution in [0.2, 0.25) is 0 Å². The summed E-state index contributed by atoms with van der Waals surface area (Å²) in [6, 6.07) is -0.424. The number of hydrogen-bond donors (Lipinski definition) is 1. The molecule has 4 heteroatoms. The standard InChI is InChI=1S/C11H17N3O/c1-4-6-8(3)9-10(12)13-11(15)14(9)7-5-2/h2,8-9H,4,6-7H2,1,3H3,(H2,12,13,15). The van der Waals surface area contributed by atoms with Gasteiger partial charge in [-0.15, -0.1) is 6.42 Å². The van der Waals surface area contributed by atoms with E-state index in [1.165, 1.54) is 0 Å². The Morgan fingerprint density at radius 1 is 1.73 bits per heavy atom. The zero-order chi connectivity index (χ0) is 11.4. The Kier molecular flexibility index (Phi) is 3.73. The number of carbonyl (C=O) groups is 1. The fraction of sp³-hybridized carbons (Fsp3) is 0.636. The summed E-state index contributed by atoms with van der Waals surface area (Å²) < 4.78 is 0. The first-order valence-electron chi connectivity index (χ1n) is 5.19. The van der Waals surface area contributed by atoms with Crippen molar-refractivity contribution in [1.29, 1.82) is 0 Å². The molecule has 0 saturated heterocycles. The number of amidine groups is 1. The number of nitrogens with two attached hydrogens (primary N) is 1. The van der Waals surface area contributed by atoms with Gasteiger partial charge in [-0.05, 0) is 12.3 Å². The number of amides is 2. The van der Waals surface area contributed by atoms with Crippen molar-refractivity contribution in [1.82, 2.24) is 4.90 Å². The number of hydrogen-bond acceptors (Lipinski definition) is 2. The third-order valence-electron chi connectivity index (χ3n) is 2.65. The minimum Gasteiger partial charge on any atom is -0.385 e. The van der Waals surface area contributed by atoms with E-state index in [-0.39, 0.29) is 18.6 Å². The highest BCUT2D eigenvalue weighted by atomic mass is 16.2. The SMILES string of the molecule is C#CCN1C(=O)N=C(N)C1C(C)CCC. The highest BCUT2D eigenvalue weighted by Crippen LogP contribution is 2.21. The summed E-state index contributed by atoms with van der Waals surface area (Å²) in [5.74, 6) is 3.17. The average molecular weight is 207 g/mol. The van der Waals surface area contributed by atoms with Crippen LogP contribution >= 0.6 is 0 Å². The summed E-state index contributed by atoms with van der Waals surface area (Å²) in [5.41, 5.74) is 5.74. The van der Waals surface area contributed by atoms with E-state index in [0.29, 0.717) is 11.8 Å². The maximum Gasteiger partial charge on any atom is 0.346 e. The molecule has 1 aliphatic heterocycles. The van der Waals surface area contributed by atoms with Crippen molar-refractivity contribution in [2.45, 2.75) is 32.7 Å². The molecule has 1 heterocycles. The number of aliphatic imine (C=N–C) groups is 1. The van der Waals surface area contributed by atoms with E-state index in [4.69, 9.17) is 12.2 Å². The highest BCUT2D eigenvalue weighted by Gasteiger charge is 2.35. The molecule has 1 rings (SSSR count). The van der Waals surface area contributed by atoms with Gasteiger partial charge in [-0.2, -0.15) is 4.99 Å². The molecule has 82 valence electrons. The minimum atomic E-state index is -0.307. The Labute approximate surface area is 90.5 Å². The van der Waals surface area contributed by atoms with Crippen LogP contribution in [-0.2, 0) is 0 Å². The van der Waals surface area contributed by atoms with Gasteiger partial charge >= 0.3 is 6.03 Å². The zero-order valence-corrected chi connectivity index (χ0v) is 9.23. The summed E-state index contributed by atoms with van der Waals surface area (Å²) >= 11 is 0. The van der Waals surface area contributed by atoms with E-state index in [0.717, 1.165) is 12.8 Å². The third kappa shape index (κ3) is 2.30. The third-order valence-corrected chi connectivity index (χ3v) is 2.65. The van der Waals surface area contributed by atoms with Crippen LogP contribution in [0.1, 0.15) is 26.7 Å². The van der Waals surface area contributed by atoms with Gasteiger partial charge in [-0.1, -0.05) is 26.2 Å². The summed E-state index contributed by atoms with van der Waals surface area (Å²) in [5, 5.41) is 0. The molecule has 0 aliphatic carbocycles. The van der Waals surface area contributed by atoms with Gasteiger partial charge in [-0.3, -0.25) is 0 Å². The first-order chi connectivity index (χ1) is 7.11. The Balaban J connectivity index is 2.79. The summed E-state index contributed by atoms with van der Waals surface area (Å²) in [7, 11) is 0. The molecule has 2 amide bonds. The van der Waals surface area contributed by atoms with Crippen molar-refractivity contribution >= 4 is 11.9 Å². The Hall–Kier alpha value is -1.50. The van der Waals surface area contributed by atoms with Crippen LogP contribution in [0.25, 0.3) is 0 Å². The summed E-state index contributed by atoms with van der Waals surface area (Å²) in [6.07, 6.45) is 7.28. The second kappa shape index (κ2) is 4.83. The molecular formula is C11H17N3O. The lowest BCUT2D eigenvalue weighted by Crippen LogP contribution is -2.44. The maximum absolute atomic E-state index is 11.5. The first kappa shape index (κ1) is 11.6. The lowest BCUT2D eigenvalue weighted by Gasteiger charge is -2.27. The van der Waals surface area contributed by atoms with Crippen LogP contribution < -0.4 is 5.73 Å². The van der Waals surface area contributed by atoms with E-state index in [1.807, 2.05) is 0 Å². The van der Waals surface area contributed by atoms with Crippen LogP contribution in [0.15, 0.2) is 4.99 Å². The molecule has 0 fully saturated rings. The smallest absolute Gasteiger partial charge is 0.346 e. The number of rotatable bonds is 4. The molecule has 0 aromatic heterocycles. The molecule has 0 saturated carbocycles. The van der Waals surface area contributed by atoms with Gasteiger partial charge in [0.15, 0.2) is 0 Å². The molecule has 0 radical (unpaired) electrons. The molecule has 2 unspecified atom stereocenters. The molecular weight excluding hydrogens is 190 g/mol. The molecule has 15 heavy (non-hydrogen) atoms. The van der Waals surface area contributed by atoms with Crippen molar-refractivity contribution in [3.63, 3.8) is 0 Å². The highest BCUT2D eigenvalue weighted by molar-refractivity contribution is 6.03. The summed E-state index contributed by atoms with van der Waals surface area (Å²) in [6.45, 7) is 4.45. The number of terminal acetylenes is 1. The zero-order valence-electron chi connectivity index (χ0n) is 9.23.